The molecule has 4 nitrogen and oxygen atoms in total. The lowest BCUT2D eigenvalue weighted by molar-refractivity contribution is 0.0705. The normalized spacial score (nSPS) is 16.6. The van der Waals surface area contributed by atoms with E-state index in [1.165, 1.54) is 24.3 Å². The Balaban J connectivity index is 1.98. The number of nitrogens with one attached hydrogen (secondary N) is 1. The number of rotatable bonds is 2. The molecule has 1 aliphatic heterocycles. The molecule has 1 aromatic carbocycles. The van der Waals surface area contributed by atoms with Crippen LogP contribution in [0.25, 0.3) is 0 Å². The molecule has 0 unspecified atom stereocenters. The number of benzene rings is 1. The highest BCUT2D eigenvalue weighted by Crippen LogP contribution is 2.03. The second-order valence-electron chi connectivity index (χ2n) is 3.25. The average molecular weight is 210 g/mol. The highest BCUT2D eigenvalue weighted by Gasteiger charge is 2.15. The highest BCUT2D eigenvalue weighted by molar-refractivity contribution is 5.93. The number of nitrogens with zero attached hydrogens (tertiary/aromatic N) is 1. The zero-order valence-electron chi connectivity index (χ0n) is 8.07. The van der Waals surface area contributed by atoms with Crippen molar-refractivity contribution in [3.63, 3.8) is 0 Å². The van der Waals surface area contributed by atoms with Gasteiger partial charge >= 0.3 is 0 Å². The molecule has 1 aromatic rings. The maximum absolute atomic E-state index is 12.6. The van der Waals surface area contributed by atoms with Gasteiger partial charge in [0.2, 0.25) is 0 Å². The number of carbonyl (C=O) groups is 1. The molecule has 1 heterocycles. The summed E-state index contributed by atoms with van der Waals surface area (Å²) < 4.78 is 17.7. The summed E-state index contributed by atoms with van der Waals surface area (Å²) >= 11 is 0. The second kappa shape index (κ2) is 4.37. The lowest BCUT2D eigenvalue weighted by Gasteiger charge is -2.14. The van der Waals surface area contributed by atoms with Crippen LogP contribution in [0, 0.1) is 5.82 Å². The van der Waals surface area contributed by atoms with Crippen molar-refractivity contribution < 1.29 is 13.9 Å². The molecule has 0 atom stereocenters. The first kappa shape index (κ1) is 10.1. The highest BCUT2D eigenvalue weighted by atomic mass is 19.1. The predicted octanol–water partition coefficient (Wildman–Crippen LogP) is 0.760. The van der Waals surface area contributed by atoms with Gasteiger partial charge in [-0.05, 0) is 24.3 Å². The molecular formula is C10H11FN2O2. The third kappa shape index (κ3) is 2.51. The number of hydrogen-bond donors (Lipinski definition) is 1. The van der Waals surface area contributed by atoms with Crippen LogP contribution in [0.4, 0.5) is 4.39 Å². The van der Waals surface area contributed by atoms with Crippen LogP contribution < -0.4 is 5.43 Å². The van der Waals surface area contributed by atoms with Crippen LogP contribution in [0.1, 0.15) is 10.4 Å². The van der Waals surface area contributed by atoms with Crippen molar-refractivity contribution in [2.24, 2.45) is 0 Å². The fourth-order valence-corrected chi connectivity index (χ4v) is 1.31. The number of halogens is 1. The topological polar surface area (TPSA) is 41.6 Å². The Morgan fingerprint density at radius 1 is 1.40 bits per heavy atom. The summed E-state index contributed by atoms with van der Waals surface area (Å²) in [6.45, 7) is 1.68. The largest absolute Gasteiger partial charge is 0.363 e. The van der Waals surface area contributed by atoms with Crippen LogP contribution in [-0.4, -0.2) is 30.8 Å². The Bertz CT molecular complexity index is 347. The van der Waals surface area contributed by atoms with Gasteiger partial charge in [-0.3, -0.25) is 10.2 Å². The quantitative estimate of drug-likeness (QED) is 0.783. The monoisotopic (exact) mass is 210 g/mol. The van der Waals surface area contributed by atoms with Crippen LogP contribution in [-0.2, 0) is 4.74 Å². The zero-order chi connectivity index (χ0) is 10.7. The molecule has 1 N–H and O–H groups in total. The molecular weight excluding hydrogens is 199 g/mol. The summed E-state index contributed by atoms with van der Waals surface area (Å²) in [6.07, 6.45) is 0. The summed E-state index contributed by atoms with van der Waals surface area (Å²) in [7, 11) is 0. The Kier molecular flexibility index (Phi) is 2.94. The number of hydrogen-bond acceptors (Lipinski definition) is 3. The predicted molar refractivity (Wildman–Crippen MR) is 51.4 cm³/mol. The minimum atomic E-state index is -0.351. The molecule has 1 amide bonds. The van der Waals surface area contributed by atoms with E-state index in [0.717, 1.165) is 0 Å². The van der Waals surface area contributed by atoms with Gasteiger partial charge in [0.05, 0.1) is 6.61 Å². The first-order valence-electron chi connectivity index (χ1n) is 4.65. The molecule has 1 saturated heterocycles. The van der Waals surface area contributed by atoms with E-state index in [1.54, 1.807) is 5.01 Å². The van der Waals surface area contributed by atoms with Crippen LogP contribution >= 0.6 is 0 Å². The number of amides is 1. The maximum Gasteiger partial charge on any atom is 0.265 e. The van der Waals surface area contributed by atoms with E-state index in [4.69, 9.17) is 4.74 Å². The molecule has 1 fully saturated rings. The van der Waals surface area contributed by atoms with Crippen molar-refractivity contribution >= 4 is 5.91 Å². The third-order valence-electron chi connectivity index (χ3n) is 2.12. The molecule has 1 aliphatic rings. The van der Waals surface area contributed by atoms with Gasteiger partial charge in [0, 0.05) is 12.1 Å². The van der Waals surface area contributed by atoms with Crippen LogP contribution in [0.15, 0.2) is 24.3 Å². The summed E-state index contributed by atoms with van der Waals surface area (Å²) in [5, 5.41) is 1.67. The lowest BCUT2D eigenvalue weighted by Crippen LogP contribution is -2.40. The first-order chi connectivity index (χ1) is 7.25. The van der Waals surface area contributed by atoms with Gasteiger partial charge in [-0.25, -0.2) is 4.39 Å². The summed E-state index contributed by atoms with van der Waals surface area (Å²) in [5.41, 5.74) is 3.10. The van der Waals surface area contributed by atoms with E-state index in [0.29, 0.717) is 25.4 Å². The van der Waals surface area contributed by atoms with Crippen molar-refractivity contribution in [3.05, 3.63) is 35.6 Å². The number of ether oxygens (including phenoxy) is 1. The molecule has 5 heteroatoms. The Morgan fingerprint density at radius 3 is 2.73 bits per heavy atom. The number of carbonyl (C=O) groups excluding carboxylic acids is 1. The molecule has 2 rings (SSSR count). The molecule has 0 radical (unpaired) electrons. The summed E-state index contributed by atoms with van der Waals surface area (Å²) in [6, 6.07) is 5.41. The molecule has 0 aromatic heterocycles. The summed E-state index contributed by atoms with van der Waals surface area (Å²) in [5.74, 6) is -0.600. The SMILES string of the molecule is O=C(NN1CCOC1)c1ccc(F)cc1. The minimum Gasteiger partial charge on any atom is -0.363 e. The summed E-state index contributed by atoms with van der Waals surface area (Å²) in [4.78, 5) is 11.6. The molecule has 0 spiro atoms. The van der Waals surface area contributed by atoms with Crippen molar-refractivity contribution in [1.29, 1.82) is 0 Å². The van der Waals surface area contributed by atoms with Crippen molar-refractivity contribution in [1.82, 2.24) is 10.4 Å². The van der Waals surface area contributed by atoms with Crippen LogP contribution in [0.2, 0.25) is 0 Å². The van der Waals surface area contributed by atoms with Crippen LogP contribution in [0.3, 0.4) is 0 Å². The Morgan fingerprint density at radius 2 is 2.13 bits per heavy atom. The first-order valence-corrected chi connectivity index (χ1v) is 4.65. The Hall–Kier alpha value is -1.46. The smallest absolute Gasteiger partial charge is 0.265 e. The van der Waals surface area contributed by atoms with E-state index >= 15 is 0 Å². The van der Waals surface area contributed by atoms with Gasteiger partial charge in [0.25, 0.3) is 5.91 Å². The van der Waals surface area contributed by atoms with E-state index in [9.17, 15) is 9.18 Å². The fraction of sp³-hybridized carbons (Fsp3) is 0.300. The van der Waals surface area contributed by atoms with Crippen LogP contribution in [0.5, 0.6) is 0 Å². The second-order valence-corrected chi connectivity index (χ2v) is 3.25. The van der Waals surface area contributed by atoms with Gasteiger partial charge in [-0.2, -0.15) is 5.01 Å². The zero-order valence-corrected chi connectivity index (χ0v) is 8.07. The lowest BCUT2D eigenvalue weighted by atomic mass is 10.2. The van der Waals surface area contributed by atoms with Gasteiger partial charge < -0.3 is 4.74 Å². The fourth-order valence-electron chi connectivity index (χ4n) is 1.31. The van der Waals surface area contributed by atoms with Crippen molar-refractivity contribution in [3.8, 4) is 0 Å². The van der Waals surface area contributed by atoms with Gasteiger partial charge in [-0.1, -0.05) is 0 Å². The molecule has 0 saturated carbocycles. The standard InChI is InChI=1S/C10H11FN2O2/c11-9-3-1-8(2-4-9)10(14)12-13-5-6-15-7-13/h1-4H,5-7H2,(H,12,14). The van der Waals surface area contributed by atoms with Gasteiger partial charge in [0.1, 0.15) is 12.5 Å². The minimum absolute atomic E-state index is 0.250. The van der Waals surface area contributed by atoms with Crippen molar-refractivity contribution in [2.75, 3.05) is 19.9 Å². The number of hydrazine groups is 1. The third-order valence-corrected chi connectivity index (χ3v) is 2.12. The average Bonchev–Trinajstić information content (AvgIpc) is 2.71. The van der Waals surface area contributed by atoms with Crippen molar-refractivity contribution in [2.45, 2.75) is 0 Å². The molecule has 0 bridgehead atoms. The van der Waals surface area contributed by atoms with E-state index in [-0.39, 0.29) is 11.7 Å². The van der Waals surface area contributed by atoms with E-state index in [1.807, 2.05) is 0 Å². The van der Waals surface area contributed by atoms with Gasteiger partial charge in [-0.15, -0.1) is 0 Å². The van der Waals surface area contributed by atoms with E-state index < -0.39 is 0 Å². The maximum atomic E-state index is 12.6. The Labute approximate surface area is 86.6 Å². The molecule has 80 valence electrons. The molecule has 15 heavy (non-hydrogen) atoms. The van der Waals surface area contributed by atoms with Gasteiger partial charge in [0.15, 0.2) is 0 Å². The molecule has 0 aliphatic carbocycles. The van der Waals surface area contributed by atoms with E-state index in [2.05, 4.69) is 5.43 Å².